The van der Waals surface area contributed by atoms with Crippen LogP contribution < -0.4 is 16.0 Å². The fourth-order valence-corrected chi connectivity index (χ4v) is 3.74. The molecule has 0 atom stereocenters. The largest absolute Gasteiger partial charge is 0.418 e. The van der Waals surface area contributed by atoms with Crippen molar-refractivity contribution >= 4 is 39.2 Å². The lowest BCUT2D eigenvalue weighted by Gasteiger charge is -2.43. The van der Waals surface area contributed by atoms with E-state index < -0.39 is 29.2 Å². The molecule has 0 heterocycles. The average molecular weight is 470 g/mol. The number of urea groups is 1. The van der Waals surface area contributed by atoms with E-state index in [1.807, 2.05) is 24.3 Å². The number of benzene rings is 2. The Morgan fingerprint density at radius 3 is 2.34 bits per heavy atom. The number of carbonyl (C=O) groups is 2. The van der Waals surface area contributed by atoms with Crippen molar-refractivity contribution in [1.82, 2.24) is 5.32 Å². The summed E-state index contributed by atoms with van der Waals surface area (Å²) in [5.74, 6) is -0.488. The van der Waals surface area contributed by atoms with Crippen LogP contribution in [0.3, 0.4) is 0 Å². The van der Waals surface area contributed by atoms with E-state index in [4.69, 9.17) is 0 Å². The maximum Gasteiger partial charge on any atom is 0.418 e. The molecule has 2 aromatic carbocycles. The molecule has 3 N–H and O–H groups in total. The molecule has 1 aliphatic rings. The van der Waals surface area contributed by atoms with E-state index in [1.165, 1.54) is 13.0 Å². The van der Waals surface area contributed by atoms with Gasteiger partial charge in [0.1, 0.15) is 0 Å². The molecule has 0 radical (unpaired) electrons. The van der Waals surface area contributed by atoms with Gasteiger partial charge in [-0.25, -0.2) is 4.79 Å². The summed E-state index contributed by atoms with van der Waals surface area (Å²) in [6.07, 6.45) is -2.39. The first-order valence-electron chi connectivity index (χ1n) is 8.93. The van der Waals surface area contributed by atoms with Gasteiger partial charge >= 0.3 is 12.2 Å². The molecule has 1 aliphatic carbocycles. The first-order chi connectivity index (χ1) is 13.6. The van der Waals surface area contributed by atoms with Crippen molar-refractivity contribution in [2.75, 3.05) is 10.6 Å². The molecule has 0 bridgehead atoms. The predicted octanol–water partition coefficient (Wildman–Crippen LogP) is 5.63. The van der Waals surface area contributed by atoms with Gasteiger partial charge in [-0.05, 0) is 55.2 Å². The molecular weight excluding hydrogens is 451 g/mol. The summed E-state index contributed by atoms with van der Waals surface area (Å²) in [4.78, 5) is 23.7. The van der Waals surface area contributed by atoms with Crippen molar-refractivity contribution in [2.45, 2.75) is 37.9 Å². The number of anilines is 2. The zero-order valence-electron chi connectivity index (χ0n) is 15.5. The number of carbonyl (C=O) groups excluding carboxylic acids is 2. The molecule has 154 valence electrons. The van der Waals surface area contributed by atoms with Gasteiger partial charge in [-0.2, -0.15) is 13.2 Å². The van der Waals surface area contributed by atoms with E-state index in [0.29, 0.717) is 12.8 Å². The van der Waals surface area contributed by atoms with Crippen molar-refractivity contribution in [1.29, 1.82) is 0 Å². The normalized spacial score (nSPS) is 15.2. The van der Waals surface area contributed by atoms with Crippen LogP contribution in [-0.2, 0) is 16.5 Å². The Morgan fingerprint density at radius 1 is 1.07 bits per heavy atom. The second-order valence-electron chi connectivity index (χ2n) is 6.96. The predicted molar refractivity (Wildman–Crippen MR) is 108 cm³/mol. The summed E-state index contributed by atoms with van der Waals surface area (Å²) in [5, 5.41) is 7.46. The summed E-state index contributed by atoms with van der Waals surface area (Å²) in [5.41, 5.74) is -1.13. The fourth-order valence-electron chi connectivity index (χ4n) is 3.34. The summed E-state index contributed by atoms with van der Waals surface area (Å²) < 4.78 is 41.2. The van der Waals surface area contributed by atoms with Crippen LogP contribution in [0.5, 0.6) is 0 Å². The average Bonchev–Trinajstić information content (AvgIpc) is 2.58. The van der Waals surface area contributed by atoms with Crippen LogP contribution in [0, 0.1) is 0 Å². The molecule has 0 spiro atoms. The van der Waals surface area contributed by atoms with Gasteiger partial charge in [-0.15, -0.1) is 0 Å². The molecule has 0 unspecified atom stereocenters. The number of alkyl halides is 3. The summed E-state index contributed by atoms with van der Waals surface area (Å²) >= 11 is 3.40. The van der Waals surface area contributed by atoms with Gasteiger partial charge in [0.2, 0.25) is 5.91 Å². The summed E-state index contributed by atoms with van der Waals surface area (Å²) in [6, 6.07) is 9.99. The van der Waals surface area contributed by atoms with Gasteiger partial charge in [-0.1, -0.05) is 28.1 Å². The summed E-state index contributed by atoms with van der Waals surface area (Å²) in [7, 11) is 0. The minimum absolute atomic E-state index is 0.000354. The van der Waals surface area contributed by atoms with Gasteiger partial charge < -0.3 is 16.0 Å². The monoisotopic (exact) mass is 469 g/mol. The summed E-state index contributed by atoms with van der Waals surface area (Å²) in [6.45, 7) is 1.20. The van der Waals surface area contributed by atoms with Gasteiger partial charge in [0.05, 0.1) is 16.8 Å². The van der Waals surface area contributed by atoms with Crippen LogP contribution in [0.2, 0.25) is 0 Å². The zero-order valence-corrected chi connectivity index (χ0v) is 17.1. The quantitative estimate of drug-likeness (QED) is 0.543. The third-order valence-corrected chi connectivity index (χ3v) is 5.32. The topological polar surface area (TPSA) is 70.2 Å². The molecule has 5 nitrogen and oxygen atoms in total. The third kappa shape index (κ3) is 4.90. The van der Waals surface area contributed by atoms with Crippen LogP contribution in [0.4, 0.5) is 29.3 Å². The van der Waals surface area contributed by atoms with Crippen LogP contribution in [0.1, 0.15) is 37.3 Å². The van der Waals surface area contributed by atoms with E-state index >= 15 is 0 Å². The minimum Gasteiger partial charge on any atom is -0.328 e. The zero-order chi connectivity index (χ0) is 21.2. The maximum absolute atomic E-state index is 13.5. The Labute approximate surface area is 174 Å². The lowest BCUT2D eigenvalue weighted by Crippen LogP contribution is -2.52. The Bertz CT molecular complexity index is 943. The van der Waals surface area contributed by atoms with Gasteiger partial charge in [0.25, 0.3) is 0 Å². The van der Waals surface area contributed by atoms with E-state index in [2.05, 4.69) is 31.9 Å². The molecule has 29 heavy (non-hydrogen) atoms. The number of nitrogens with one attached hydrogen (secondary N) is 3. The van der Waals surface area contributed by atoms with Crippen LogP contribution in [0.25, 0.3) is 0 Å². The molecule has 9 heteroatoms. The number of amides is 3. The van der Waals surface area contributed by atoms with Crippen molar-refractivity contribution in [3.63, 3.8) is 0 Å². The van der Waals surface area contributed by atoms with Crippen molar-refractivity contribution < 1.29 is 22.8 Å². The smallest absolute Gasteiger partial charge is 0.328 e. The molecule has 0 aromatic heterocycles. The number of halogens is 4. The van der Waals surface area contributed by atoms with Crippen molar-refractivity contribution in [3.8, 4) is 0 Å². The van der Waals surface area contributed by atoms with Crippen molar-refractivity contribution in [3.05, 3.63) is 58.1 Å². The van der Waals surface area contributed by atoms with E-state index in [1.54, 1.807) is 0 Å². The maximum atomic E-state index is 13.5. The first-order valence-corrected chi connectivity index (χ1v) is 9.72. The van der Waals surface area contributed by atoms with Crippen LogP contribution >= 0.6 is 15.9 Å². The first kappa shape index (κ1) is 21.2. The van der Waals surface area contributed by atoms with Crippen molar-refractivity contribution in [2.24, 2.45) is 0 Å². The Balaban J connectivity index is 1.82. The highest BCUT2D eigenvalue weighted by Gasteiger charge is 2.41. The molecule has 3 amide bonds. The highest BCUT2D eigenvalue weighted by atomic mass is 79.9. The molecular formula is C20H19BrF3N3O2. The Morgan fingerprint density at radius 2 is 1.79 bits per heavy atom. The molecule has 1 fully saturated rings. The van der Waals surface area contributed by atoms with E-state index in [0.717, 1.165) is 28.6 Å². The molecule has 3 rings (SSSR count). The highest BCUT2D eigenvalue weighted by molar-refractivity contribution is 9.10. The number of rotatable bonds is 4. The lowest BCUT2D eigenvalue weighted by atomic mass is 9.72. The molecule has 1 saturated carbocycles. The molecule has 0 aliphatic heterocycles. The SMILES string of the molecule is CC(=O)Nc1ccc(NC(=O)NC2(c3cccc(Br)c3)CCC2)c(C(F)(F)F)c1. The number of hydrogen-bond donors (Lipinski definition) is 3. The number of hydrogen-bond acceptors (Lipinski definition) is 2. The molecule has 0 saturated heterocycles. The van der Waals surface area contributed by atoms with Crippen LogP contribution in [-0.4, -0.2) is 11.9 Å². The van der Waals surface area contributed by atoms with Crippen LogP contribution in [0.15, 0.2) is 46.9 Å². The fraction of sp³-hybridized carbons (Fsp3) is 0.300. The van der Waals surface area contributed by atoms with Gasteiger partial charge in [-0.3, -0.25) is 4.79 Å². The standard InChI is InChI=1S/C20H19BrF3N3O2/c1-12(28)25-15-6-7-17(16(11-15)20(22,23)24)26-18(29)27-19(8-3-9-19)13-4-2-5-14(21)10-13/h2,4-7,10-11H,3,8-9H2,1H3,(H,25,28)(H2,26,27,29). The minimum atomic E-state index is -4.70. The third-order valence-electron chi connectivity index (χ3n) is 4.83. The molecule has 2 aromatic rings. The second kappa shape index (κ2) is 8.06. The Kier molecular flexibility index (Phi) is 5.88. The Hall–Kier alpha value is -2.55. The van der Waals surface area contributed by atoms with Gasteiger partial charge in [0, 0.05) is 17.1 Å². The lowest BCUT2D eigenvalue weighted by molar-refractivity contribution is -0.137. The second-order valence-corrected chi connectivity index (χ2v) is 7.88. The van der Waals surface area contributed by atoms with E-state index in [-0.39, 0.29) is 11.4 Å². The highest BCUT2D eigenvalue weighted by Crippen LogP contribution is 2.42. The van der Waals surface area contributed by atoms with Gasteiger partial charge in [0.15, 0.2) is 0 Å². The van der Waals surface area contributed by atoms with E-state index in [9.17, 15) is 22.8 Å².